The molecule has 0 radical (unpaired) electrons. The lowest BCUT2D eigenvalue weighted by atomic mass is 9.98. The Kier molecular flexibility index (Phi) is 5.82. The van der Waals surface area contributed by atoms with Gasteiger partial charge >= 0.3 is 0 Å². The van der Waals surface area contributed by atoms with Crippen molar-refractivity contribution in [1.29, 1.82) is 0 Å². The number of hydrogen-bond acceptors (Lipinski definition) is 3. The van der Waals surface area contributed by atoms with Crippen LogP contribution in [-0.2, 0) is 4.79 Å². The number of aryl methyl sites for hydroxylation is 2. The predicted molar refractivity (Wildman–Crippen MR) is 107 cm³/mol. The van der Waals surface area contributed by atoms with E-state index in [0.717, 1.165) is 47.3 Å². The summed E-state index contributed by atoms with van der Waals surface area (Å²) in [6.07, 6.45) is 2.39. The fourth-order valence-corrected chi connectivity index (χ4v) is 3.46. The van der Waals surface area contributed by atoms with Gasteiger partial charge in [0.25, 0.3) is 5.91 Å². The van der Waals surface area contributed by atoms with Crippen molar-refractivity contribution in [2.24, 2.45) is 5.92 Å². The van der Waals surface area contributed by atoms with E-state index in [1.807, 2.05) is 44.2 Å². The molecule has 3 rings (SSSR count). The summed E-state index contributed by atoms with van der Waals surface area (Å²) in [5, 5.41) is 3.01. The number of ether oxygens (including phenoxy) is 1. The summed E-state index contributed by atoms with van der Waals surface area (Å²) in [6, 6.07) is 14.0. The first kappa shape index (κ1) is 18.3. The third-order valence-corrected chi connectivity index (χ3v) is 4.87. The van der Waals surface area contributed by atoms with Crippen LogP contribution in [0.3, 0.4) is 0 Å². The number of carbonyl (C=O) groups is 1. The lowest BCUT2D eigenvalue weighted by molar-refractivity contribution is -0.118. The van der Waals surface area contributed by atoms with Crippen LogP contribution in [0.25, 0.3) is 0 Å². The van der Waals surface area contributed by atoms with Crippen LogP contribution in [0.15, 0.2) is 42.5 Å². The van der Waals surface area contributed by atoms with Gasteiger partial charge in [-0.3, -0.25) is 4.79 Å². The third kappa shape index (κ3) is 4.78. The molecule has 0 bridgehead atoms. The van der Waals surface area contributed by atoms with E-state index in [9.17, 15) is 4.79 Å². The van der Waals surface area contributed by atoms with Crippen LogP contribution >= 0.6 is 0 Å². The van der Waals surface area contributed by atoms with Gasteiger partial charge in [0.2, 0.25) is 0 Å². The van der Waals surface area contributed by atoms with Crippen molar-refractivity contribution in [1.82, 2.24) is 0 Å². The molecule has 2 aromatic carbocycles. The summed E-state index contributed by atoms with van der Waals surface area (Å²) in [6.45, 7) is 8.43. The minimum Gasteiger partial charge on any atom is -0.484 e. The van der Waals surface area contributed by atoms with Crippen molar-refractivity contribution in [3.8, 4) is 5.75 Å². The quantitative estimate of drug-likeness (QED) is 0.858. The summed E-state index contributed by atoms with van der Waals surface area (Å²) < 4.78 is 5.68. The van der Waals surface area contributed by atoms with Gasteiger partial charge in [0, 0.05) is 13.1 Å². The van der Waals surface area contributed by atoms with Crippen molar-refractivity contribution in [3.63, 3.8) is 0 Å². The van der Waals surface area contributed by atoms with E-state index in [-0.39, 0.29) is 12.5 Å². The molecule has 0 spiro atoms. The van der Waals surface area contributed by atoms with Crippen molar-refractivity contribution in [2.45, 2.75) is 33.6 Å². The summed E-state index contributed by atoms with van der Waals surface area (Å²) in [5.41, 5.74) is 4.21. The Morgan fingerprint density at radius 1 is 1.12 bits per heavy atom. The maximum absolute atomic E-state index is 12.4. The molecular formula is C22H28N2O2. The Balaban J connectivity index is 1.62. The molecule has 2 aromatic rings. The number of nitrogens with one attached hydrogen (secondary N) is 1. The molecule has 0 saturated carbocycles. The van der Waals surface area contributed by atoms with Crippen molar-refractivity contribution < 1.29 is 9.53 Å². The van der Waals surface area contributed by atoms with Crippen LogP contribution in [0.4, 0.5) is 11.4 Å². The molecule has 0 aliphatic carbocycles. The van der Waals surface area contributed by atoms with Gasteiger partial charge in [0.05, 0.1) is 11.4 Å². The molecule has 1 fully saturated rings. The first-order valence-electron chi connectivity index (χ1n) is 9.36. The molecule has 138 valence electrons. The first-order valence-corrected chi connectivity index (χ1v) is 9.36. The largest absolute Gasteiger partial charge is 0.484 e. The molecule has 1 aliphatic rings. The average molecular weight is 352 g/mol. The maximum Gasteiger partial charge on any atom is 0.262 e. The molecule has 0 unspecified atom stereocenters. The summed E-state index contributed by atoms with van der Waals surface area (Å²) >= 11 is 0. The zero-order chi connectivity index (χ0) is 18.5. The van der Waals surface area contributed by atoms with Crippen LogP contribution in [0.5, 0.6) is 5.75 Å². The zero-order valence-electron chi connectivity index (χ0n) is 15.9. The maximum atomic E-state index is 12.4. The number of para-hydroxylation sites is 2. The standard InChI is InChI=1S/C22H28N2O2/c1-16-8-10-24(11-9-16)21-7-5-4-6-20(21)23-22(25)15-26-19-13-17(2)12-18(3)14-19/h4-7,12-14,16H,8-11,15H2,1-3H3,(H,23,25). The van der Waals surface area contributed by atoms with E-state index in [1.54, 1.807) is 0 Å². The molecule has 4 nitrogen and oxygen atoms in total. The van der Waals surface area contributed by atoms with E-state index in [0.29, 0.717) is 0 Å². The van der Waals surface area contributed by atoms with Gasteiger partial charge in [0.15, 0.2) is 6.61 Å². The van der Waals surface area contributed by atoms with E-state index in [1.165, 1.54) is 12.8 Å². The molecule has 1 amide bonds. The lowest BCUT2D eigenvalue weighted by Gasteiger charge is -2.33. The highest BCUT2D eigenvalue weighted by atomic mass is 16.5. The Labute approximate surface area is 156 Å². The highest BCUT2D eigenvalue weighted by Crippen LogP contribution is 2.29. The highest BCUT2D eigenvalue weighted by molar-refractivity contribution is 5.95. The molecule has 26 heavy (non-hydrogen) atoms. The van der Waals surface area contributed by atoms with Crippen LogP contribution in [0.1, 0.15) is 30.9 Å². The minimum atomic E-state index is -0.137. The normalized spacial score (nSPS) is 15.0. The number of anilines is 2. The molecule has 1 heterocycles. The smallest absolute Gasteiger partial charge is 0.262 e. The summed E-state index contributed by atoms with van der Waals surface area (Å²) in [7, 11) is 0. The molecule has 1 N–H and O–H groups in total. The average Bonchev–Trinajstić information content (AvgIpc) is 2.61. The van der Waals surface area contributed by atoms with Crippen molar-refractivity contribution >= 4 is 17.3 Å². The second kappa shape index (κ2) is 8.26. The van der Waals surface area contributed by atoms with Gasteiger partial charge in [-0.15, -0.1) is 0 Å². The topological polar surface area (TPSA) is 41.6 Å². The third-order valence-electron chi connectivity index (χ3n) is 4.87. The number of carbonyl (C=O) groups excluding carboxylic acids is 1. The lowest BCUT2D eigenvalue weighted by Crippen LogP contribution is -2.33. The molecule has 4 heteroatoms. The number of hydrogen-bond donors (Lipinski definition) is 1. The second-order valence-corrected chi connectivity index (χ2v) is 7.35. The van der Waals surface area contributed by atoms with Gasteiger partial charge in [0.1, 0.15) is 5.75 Å². The van der Waals surface area contributed by atoms with Crippen LogP contribution in [-0.4, -0.2) is 25.6 Å². The first-order chi connectivity index (χ1) is 12.5. The summed E-state index contributed by atoms with van der Waals surface area (Å²) in [4.78, 5) is 14.7. The predicted octanol–water partition coefficient (Wildman–Crippen LogP) is 4.56. The molecule has 1 aliphatic heterocycles. The van der Waals surface area contributed by atoms with Gasteiger partial charge in [-0.1, -0.05) is 25.1 Å². The van der Waals surface area contributed by atoms with Gasteiger partial charge in [-0.2, -0.15) is 0 Å². The van der Waals surface area contributed by atoms with E-state index in [2.05, 4.69) is 29.3 Å². The van der Waals surface area contributed by atoms with Gasteiger partial charge < -0.3 is 15.0 Å². The number of benzene rings is 2. The zero-order valence-corrected chi connectivity index (χ0v) is 15.9. The second-order valence-electron chi connectivity index (χ2n) is 7.35. The van der Waals surface area contributed by atoms with Crippen LogP contribution < -0.4 is 15.0 Å². The minimum absolute atomic E-state index is 0.00820. The van der Waals surface area contributed by atoms with Crippen LogP contribution in [0, 0.1) is 19.8 Å². The van der Waals surface area contributed by atoms with E-state index < -0.39 is 0 Å². The van der Waals surface area contributed by atoms with Gasteiger partial charge in [-0.25, -0.2) is 0 Å². The Morgan fingerprint density at radius 3 is 2.46 bits per heavy atom. The summed E-state index contributed by atoms with van der Waals surface area (Å²) in [5.74, 6) is 1.37. The van der Waals surface area contributed by atoms with E-state index >= 15 is 0 Å². The Bertz CT molecular complexity index is 744. The molecule has 0 aromatic heterocycles. The van der Waals surface area contributed by atoms with E-state index in [4.69, 9.17) is 4.74 Å². The SMILES string of the molecule is Cc1cc(C)cc(OCC(=O)Nc2ccccc2N2CCC(C)CC2)c1. The fraction of sp³-hybridized carbons (Fsp3) is 0.409. The number of nitrogens with zero attached hydrogens (tertiary/aromatic N) is 1. The number of amides is 1. The van der Waals surface area contributed by atoms with Gasteiger partial charge in [-0.05, 0) is 68.0 Å². The fourth-order valence-electron chi connectivity index (χ4n) is 3.46. The number of rotatable bonds is 5. The Morgan fingerprint density at radius 2 is 1.77 bits per heavy atom. The molecule has 0 atom stereocenters. The van der Waals surface area contributed by atoms with Crippen molar-refractivity contribution in [2.75, 3.05) is 29.9 Å². The molecular weight excluding hydrogens is 324 g/mol. The molecule has 1 saturated heterocycles. The monoisotopic (exact) mass is 352 g/mol. The van der Waals surface area contributed by atoms with Crippen LogP contribution in [0.2, 0.25) is 0 Å². The number of piperidine rings is 1. The Hall–Kier alpha value is -2.49. The van der Waals surface area contributed by atoms with Crippen molar-refractivity contribution in [3.05, 3.63) is 53.6 Å². The highest BCUT2D eigenvalue weighted by Gasteiger charge is 2.19.